The molecule has 3 aromatic rings. The van der Waals surface area contributed by atoms with Gasteiger partial charge in [-0.05, 0) is 31.5 Å². The summed E-state index contributed by atoms with van der Waals surface area (Å²) in [5, 5.41) is 9.86. The first kappa shape index (κ1) is 20.8. The lowest BCUT2D eigenvalue weighted by atomic mass is 10.2. The number of furan rings is 1. The second-order valence-electron chi connectivity index (χ2n) is 7.11. The van der Waals surface area contributed by atoms with Gasteiger partial charge in [-0.2, -0.15) is 0 Å². The molecule has 1 unspecified atom stereocenters. The number of aromatic nitrogens is 3. The van der Waals surface area contributed by atoms with Crippen LogP contribution < -0.4 is 4.90 Å². The first-order valence-corrected chi connectivity index (χ1v) is 11.7. The highest BCUT2D eigenvalue weighted by Crippen LogP contribution is 2.37. The quantitative estimate of drug-likeness (QED) is 0.395. The SMILES string of the molecule is C=CCn1c(SCC(=O)N2CCC(C)Sc3ccccc32)nnc1-c1ccoc1C. The van der Waals surface area contributed by atoms with Gasteiger partial charge in [-0.15, -0.1) is 28.5 Å². The zero-order valence-electron chi connectivity index (χ0n) is 17.1. The van der Waals surface area contributed by atoms with Gasteiger partial charge in [-0.25, -0.2) is 0 Å². The number of rotatable bonds is 6. The molecule has 1 atom stereocenters. The number of carbonyl (C=O) groups is 1. The lowest BCUT2D eigenvalue weighted by Crippen LogP contribution is -2.33. The predicted molar refractivity (Wildman–Crippen MR) is 122 cm³/mol. The van der Waals surface area contributed by atoms with Gasteiger partial charge in [0.25, 0.3) is 0 Å². The maximum atomic E-state index is 13.2. The van der Waals surface area contributed by atoms with Crippen molar-refractivity contribution in [1.82, 2.24) is 14.8 Å². The van der Waals surface area contributed by atoms with Crippen LogP contribution in [0.5, 0.6) is 0 Å². The molecule has 3 heterocycles. The van der Waals surface area contributed by atoms with Gasteiger partial charge in [0.15, 0.2) is 11.0 Å². The minimum absolute atomic E-state index is 0.0799. The molecule has 0 saturated carbocycles. The fourth-order valence-electron chi connectivity index (χ4n) is 3.46. The van der Waals surface area contributed by atoms with E-state index in [-0.39, 0.29) is 5.91 Å². The molecule has 0 aliphatic carbocycles. The Balaban J connectivity index is 1.54. The number of nitrogens with zero attached hydrogens (tertiary/aromatic N) is 4. The number of hydrogen-bond acceptors (Lipinski definition) is 6. The maximum absolute atomic E-state index is 13.2. The summed E-state index contributed by atoms with van der Waals surface area (Å²) in [7, 11) is 0. The number of benzene rings is 1. The van der Waals surface area contributed by atoms with Crippen molar-refractivity contribution in [3.05, 3.63) is 55.0 Å². The second-order valence-corrected chi connectivity index (χ2v) is 9.54. The number of allylic oxidation sites excluding steroid dienone is 1. The summed E-state index contributed by atoms with van der Waals surface area (Å²) in [4.78, 5) is 16.2. The minimum Gasteiger partial charge on any atom is -0.469 e. The number of hydrogen-bond donors (Lipinski definition) is 0. The van der Waals surface area contributed by atoms with Crippen molar-refractivity contribution in [2.75, 3.05) is 17.2 Å². The summed E-state index contributed by atoms with van der Waals surface area (Å²) in [6.07, 6.45) is 4.41. The highest BCUT2D eigenvalue weighted by molar-refractivity contribution is 8.00. The minimum atomic E-state index is 0.0799. The molecule has 0 spiro atoms. The summed E-state index contributed by atoms with van der Waals surface area (Å²) in [6.45, 7) is 9.24. The normalized spacial score (nSPS) is 16.2. The molecule has 0 fully saturated rings. The topological polar surface area (TPSA) is 64.2 Å². The van der Waals surface area contributed by atoms with E-state index in [9.17, 15) is 4.79 Å². The number of carbonyl (C=O) groups excluding carboxylic acids is 1. The second kappa shape index (κ2) is 9.14. The number of fused-ring (bicyclic) bond motifs is 1. The fourth-order valence-corrected chi connectivity index (χ4v) is 5.39. The third kappa shape index (κ3) is 4.20. The van der Waals surface area contributed by atoms with Gasteiger partial charge in [0.05, 0.1) is 23.3 Å². The van der Waals surface area contributed by atoms with Gasteiger partial charge in [0.1, 0.15) is 5.76 Å². The Morgan fingerprint density at radius 2 is 2.20 bits per heavy atom. The van der Waals surface area contributed by atoms with Gasteiger partial charge in [-0.3, -0.25) is 9.36 Å². The van der Waals surface area contributed by atoms with Gasteiger partial charge in [0, 0.05) is 23.2 Å². The van der Waals surface area contributed by atoms with E-state index in [2.05, 4.69) is 29.8 Å². The van der Waals surface area contributed by atoms with E-state index >= 15 is 0 Å². The van der Waals surface area contributed by atoms with Crippen LogP contribution in [0.25, 0.3) is 11.4 Å². The molecule has 30 heavy (non-hydrogen) atoms. The summed E-state index contributed by atoms with van der Waals surface area (Å²) in [5.41, 5.74) is 1.90. The summed E-state index contributed by atoms with van der Waals surface area (Å²) >= 11 is 3.24. The molecule has 0 bridgehead atoms. The number of aryl methyl sites for hydroxylation is 1. The average Bonchev–Trinajstić information content (AvgIpc) is 3.28. The molecule has 156 valence electrons. The number of para-hydroxylation sites is 1. The van der Waals surface area contributed by atoms with Crippen LogP contribution in [-0.4, -0.2) is 38.2 Å². The van der Waals surface area contributed by atoms with Crippen LogP contribution >= 0.6 is 23.5 Å². The molecule has 0 radical (unpaired) electrons. The van der Waals surface area contributed by atoms with E-state index in [4.69, 9.17) is 4.42 Å². The number of thioether (sulfide) groups is 2. The standard InChI is InChI=1S/C22H24N4O2S2/c1-4-11-26-21(17-10-13-28-16(17)3)23-24-22(26)29-14-20(27)25-12-9-15(2)30-19-8-6-5-7-18(19)25/h4-8,10,13,15H,1,9,11-12,14H2,2-3H3. The Hall–Kier alpha value is -2.45. The molecule has 1 aromatic carbocycles. The maximum Gasteiger partial charge on any atom is 0.237 e. The predicted octanol–water partition coefficient (Wildman–Crippen LogP) is 5.04. The van der Waals surface area contributed by atoms with Gasteiger partial charge in [0.2, 0.25) is 5.91 Å². The molecular formula is C22H24N4O2S2. The Morgan fingerprint density at radius 3 is 2.97 bits per heavy atom. The average molecular weight is 441 g/mol. The molecule has 2 aromatic heterocycles. The molecule has 1 amide bonds. The Labute approximate surface area is 184 Å². The van der Waals surface area contributed by atoms with Crippen molar-refractivity contribution in [2.45, 2.75) is 42.1 Å². The van der Waals surface area contributed by atoms with Crippen LogP contribution in [0, 0.1) is 6.92 Å². The monoisotopic (exact) mass is 440 g/mol. The molecule has 6 nitrogen and oxygen atoms in total. The third-order valence-electron chi connectivity index (χ3n) is 5.00. The van der Waals surface area contributed by atoms with Crippen molar-refractivity contribution in [3.63, 3.8) is 0 Å². The van der Waals surface area contributed by atoms with E-state index in [1.807, 2.05) is 52.4 Å². The van der Waals surface area contributed by atoms with Crippen LogP contribution in [0.15, 0.2) is 63.7 Å². The van der Waals surface area contributed by atoms with Crippen molar-refractivity contribution in [2.24, 2.45) is 0 Å². The molecule has 1 aliphatic heterocycles. The first-order chi connectivity index (χ1) is 14.6. The summed E-state index contributed by atoms with van der Waals surface area (Å²) in [6, 6.07) is 10.0. The van der Waals surface area contributed by atoms with E-state index in [1.165, 1.54) is 11.8 Å². The van der Waals surface area contributed by atoms with E-state index in [0.29, 0.717) is 22.7 Å². The first-order valence-electron chi connectivity index (χ1n) is 9.86. The van der Waals surface area contributed by atoms with Crippen LogP contribution in [0.4, 0.5) is 5.69 Å². The highest BCUT2D eigenvalue weighted by Gasteiger charge is 2.25. The van der Waals surface area contributed by atoms with E-state index in [0.717, 1.165) is 40.7 Å². The lowest BCUT2D eigenvalue weighted by Gasteiger charge is -2.22. The van der Waals surface area contributed by atoms with Gasteiger partial charge < -0.3 is 9.32 Å². The molecule has 4 rings (SSSR count). The molecule has 8 heteroatoms. The van der Waals surface area contributed by atoms with Crippen LogP contribution in [0.2, 0.25) is 0 Å². The summed E-state index contributed by atoms with van der Waals surface area (Å²) < 4.78 is 7.39. The zero-order valence-corrected chi connectivity index (χ0v) is 18.7. The van der Waals surface area contributed by atoms with Gasteiger partial charge in [-0.1, -0.05) is 36.9 Å². The Bertz CT molecular complexity index is 1060. The smallest absolute Gasteiger partial charge is 0.237 e. The lowest BCUT2D eigenvalue weighted by molar-refractivity contribution is -0.116. The highest BCUT2D eigenvalue weighted by atomic mass is 32.2. The number of anilines is 1. The van der Waals surface area contributed by atoms with E-state index in [1.54, 1.807) is 12.3 Å². The molecule has 0 N–H and O–H groups in total. The molecular weight excluding hydrogens is 416 g/mol. The van der Waals surface area contributed by atoms with Crippen molar-refractivity contribution < 1.29 is 9.21 Å². The third-order valence-corrected chi connectivity index (χ3v) is 7.19. The Morgan fingerprint density at radius 1 is 1.37 bits per heavy atom. The molecule has 0 saturated heterocycles. The molecule has 1 aliphatic rings. The van der Waals surface area contributed by atoms with Crippen molar-refractivity contribution in [1.29, 1.82) is 0 Å². The van der Waals surface area contributed by atoms with Crippen LogP contribution in [-0.2, 0) is 11.3 Å². The van der Waals surface area contributed by atoms with Crippen molar-refractivity contribution in [3.8, 4) is 11.4 Å². The van der Waals surface area contributed by atoms with Crippen LogP contribution in [0.3, 0.4) is 0 Å². The van der Waals surface area contributed by atoms with Crippen molar-refractivity contribution >= 4 is 35.1 Å². The van der Waals surface area contributed by atoms with E-state index < -0.39 is 0 Å². The van der Waals surface area contributed by atoms with Crippen LogP contribution in [0.1, 0.15) is 19.1 Å². The Kier molecular flexibility index (Phi) is 6.34. The van der Waals surface area contributed by atoms with Gasteiger partial charge >= 0.3 is 0 Å². The number of amides is 1. The largest absolute Gasteiger partial charge is 0.469 e. The fraction of sp³-hybridized carbons (Fsp3) is 0.318. The zero-order chi connectivity index (χ0) is 21.1. The summed E-state index contributed by atoms with van der Waals surface area (Å²) in [5.74, 6) is 1.89.